The second-order valence-corrected chi connectivity index (χ2v) is 7.76. The summed E-state index contributed by atoms with van der Waals surface area (Å²) in [4.78, 5) is 30.2. The molecule has 0 unspecified atom stereocenters. The number of carbonyl (C=O) groups excluding carboxylic acids is 1. The molecule has 0 atom stereocenters. The van der Waals surface area contributed by atoms with Crippen molar-refractivity contribution in [3.63, 3.8) is 0 Å². The molecule has 0 aliphatic heterocycles. The molecule has 6 nitrogen and oxygen atoms in total. The first-order valence-corrected chi connectivity index (χ1v) is 10.4. The molecule has 0 radical (unpaired) electrons. The van der Waals surface area contributed by atoms with E-state index in [2.05, 4.69) is 16.4 Å². The maximum Gasteiger partial charge on any atom is 0.266 e. The zero-order valence-corrected chi connectivity index (χ0v) is 17.5. The van der Waals surface area contributed by atoms with Gasteiger partial charge in [-0.1, -0.05) is 24.8 Å². The number of hydrogen-bond acceptors (Lipinski definition) is 5. The average molecular weight is 407 g/mol. The lowest BCUT2D eigenvalue weighted by Crippen LogP contribution is -2.25. The van der Waals surface area contributed by atoms with Crippen molar-refractivity contribution in [2.45, 2.75) is 32.3 Å². The number of nitriles is 1. The number of nitrogens with one attached hydrogen (secondary N) is 1. The van der Waals surface area contributed by atoms with Crippen molar-refractivity contribution in [1.29, 1.82) is 5.26 Å². The fourth-order valence-corrected chi connectivity index (χ4v) is 3.82. The van der Waals surface area contributed by atoms with Gasteiger partial charge in [-0.15, -0.1) is 0 Å². The molecule has 29 heavy (non-hydrogen) atoms. The van der Waals surface area contributed by atoms with Crippen LogP contribution in [0.25, 0.3) is 16.6 Å². The molecule has 1 aromatic heterocycles. The number of thioether (sulfide) groups is 1. The van der Waals surface area contributed by atoms with Gasteiger partial charge in [0.1, 0.15) is 0 Å². The van der Waals surface area contributed by atoms with Crippen LogP contribution in [-0.2, 0) is 0 Å². The number of amides is 1. The minimum Gasteiger partial charge on any atom is -0.352 e. The van der Waals surface area contributed by atoms with Gasteiger partial charge < -0.3 is 5.32 Å². The Bertz CT molecular complexity index is 1160. The highest BCUT2D eigenvalue weighted by atomic mass is 32.2. The number of nitrogens with zero attached hydrogens (tertiary/aromatic N) is 3. The van der Waals surface area contributed by atoms with Crippen LogP contribution in [0.1, 0.15) is 34.8 Å². The first-order chi connectivity index (χ1) is 13.9. The maximum atomic E-state index is 13.3. The summed E-state index contributed by atoms with van der Waals surface area (Å²) in [6, 6.07) is 12.9. The number of benzene rings is 2. The first kappa shape index (κ1) is 20.6. The zero-order valence-electron chi connectivity index (χ0n) is 16.7. The Kier molecular flexibility index (Phi) is 6.35. The van der Waals surface area contributed by atoms with E-state index in [1.807, 2.05) is 39.0 Å². The molecule has 3 rings (SSSR count). The van der Waals surface area contributed by atoms with E-state index in [0.29, 0.717) is 33.9 Å². The Morgan fingerprint density at radius 2 is 1.93 bits per heavy atom. The molecular weight excluding hydrogens is 384 g/mol. The predicted octanol–water partition coefficient (Wildman–Crippen LogP) is 3.76. The predicted molar refractivity (Wildman–Crippen MR) is 116 cm³/mol. The van der Waals surface area contributed by atoms with Crippen molar-refractivity contribution in [2.75, 3.05) is 12.3 Å². The molecule has 0 saturated heterocycles. The third-order valence-electron chi connectivity index (χ3n) is 4.37. The minimum absolute atomic E-state index is 0.166. The standard InChI is InChI=1S/C22H22N4O2S/c1-4-8-24-20(27)16-5-6-18-19(13-16)25-22(29-9-7-23)26(21(18)28)17-11-14(2)10-15(3)12-17/h5-6,10-13H,4,8-9H2,1-3H3,(H,24,27). The third kappa shape index (κ3) is 4.49. The number of carbonyl (C=O) groups is 1. The molecule has 148 valence electrons. The van der Waals surface area contributed by atoms with Gasteiger partial charge in [-0.25, -0.2) is 4.98 Å². The monoisotopic (exact) mass is 406 g/mol. The molecule has 0 saturated carbocycles. The van der Waals surface area contributed by atoms with Gasteiger partial charge in [0, 0.05) is 12.1 Å². The molecule has 7 heteroatoms. The maximum absolute atomic E-state index is 13.3. The van der Waals surface area contributed by atoms with Gasteiger partial charge in [-0.3, -0.25) is 14.2 Å². The molecule has 1 amide bonds. The average Bonchev–Trinajstić information content (AvgIpc) is 2.69. The van der Waals surface area contributed by atoms with Crippen LogP contribution in [0.15, 0.2) is 46.3 Å². The van der Waals surface area contributed by atoms with Crippen LogP contribution >= 0.6 is 11.8 Å². The quantitative estimate of drug-likeness (QED) is 0.497. The summed E-state index contributed by atoms with van der Waals surface area (Å²) >= 11 is 1.20. The second kappa shape index (κ2) is 8.93. The van der Waals surface area contributed by atoms with E-state index < -0.39 is 0 Å². The Morgan fingerprint density at radius 3 is 2.59 bits per heavy atom. The van der Waals surface area contributed by atoms with Crippen LogP contribution in [0, 0.1) is 25.2 Å². The smallest absolute Gasteiger partial charge is 0.266 e. The normalized spacial score (nSPS) is 10.7. The van der Waals surface area contributed by atoms with Crippen LogP contribution in [0.3, 0.4) is 0 Å². The van der Waals surface area contributed by atoms with E-state index in [1.54, 1.807) is 22.8 Å². The first-order valence-electron chi connectivity index (χ1n) is 9.38. The molecule has 0 fully saturated rings. The fraction of sp³-hybridized carbons (Fsp3) is 0.273. The zero-order chi connectivity index (χ0) is 21.0. The van der Waals surface area contributed by atoms with E-state index in [0.717, 1.165) is 17.5 Å². The van der Waals surface area contributed by atoms with Crippen molar-refractivity contribution < 1.29 is 4.79 Å². The summed E-state index contributed by atoms with van der Waals surface area (Å²) in [6.07, 6.45) is 0.840. The van der Waals surface area contributed by atoms with Crippen LogP contribution in [0.5, 0.6) is 0 Å². The number of hydrogen-bond donors (Lipinski definition) is 1. The molecule has 1 N–H and O–H groups in total. The van der Waals surface area contributed by atoms with E-state index in [4.69, 9.17) is 5.26 Å². The van der Waals surface area contributed by atoms with Crippen molar-refractivity contribution in [3.8, 4) is 11.8 Å². The Labute approximate surface area is 173 Å². The Balaban J connectivity index is 2.20. The Morgan fingerprint density at radius 1 is 1.21 bits per heavy atom. The molecule has 0 aliphatic carbocycles. The highest BCUT2D eigenvalue weighted by Gasteiger charge is 2.16. The molecular formula is C22H22N4O2S. The van der Waals surface area contributed by atoms with Crippen molar-refractivity contribution in [1.82, 2.24) is 14.9 Å². The second-order valence-electron chi connectivity index (χ2n) is 6.82. The number of aromatic nitrogens is 2. The number of rotatable bonds is 6. The van der Waals surface area contributed by atoms with Crippen molar-refractivity contribution in [3.05, 3.63) is 63.4 Å². The summed E-state index contributed by atoms with van der Waals surface area (Å²) in [5.41, 5.74) is 3.46. The van der Waals surface area contributed by atoms with Gasteiger partial charge in [0.2, 0.25) is 0 Å². The van der Waals surface area contributed by atoms with Gasteiger partial charge >= 0.3 is 0 Å². The highest BCUT2D eigenvalue weighted by molar-refractivity contribution is 7.99. The number of aryl methyl sites for hydroxylation is 2. The van der Waals surface area contributed by atoms with Crippen molar-refractivity contribution in [2.24, 2.45) is 0 Å². The Hall–Kier alpha value is -3.11. The molecule has 0 spiro atoms. The molecule has 0 bridgehead atoms. The minimum atomic E-state index is -0.221. The van der Waals surface area contributed by atoms with Crippen LogP contribution < -0.4 is 10.9 Å². The van der Waals surface area contributed by atoms with Crippen LogP contribution in [-0.4, -0.2) is 27.8 Å². The van der Waals surface area contributed by atoms with E-state index in [9.17, 15) is 9.59 Å². The van der Waals surface area contributed by atoms with Crippen LogP contribution in [0.4, 0.5) is 0 Å². The van der Waals surface area contributed by atoms with E-state index >= 15 is 0 Å². The van der Waals surface area contributed by atoms with Crippen molar-refractivity contribution >= 4 is 28.6 Å². The van der Waals surface area contributed by atoms with E-state index in [1.165, 1.54) is 11.8 Å². The summed E-state index contributed by atoms with van der Waals surface area (Å²) in [5.74, 6) is -0.0281. The van der Waals surface area contributed by atoms with Gasteiger partial charge in [0.25, 0.3) is 11.5 Å². The molecule has 0 aliphatic rings. The summed E-state index contributed by atoms with van der Waals surface area (Å²) in [6.45, 7) is 6.51. The SMILES string of the molecule is CCCNC(=O)c1ccc2c(=O)n(-c3cc(C)cc(C)c3)c(SCC#N)nc2c1. The summed E-state index contributed by atoms with van der Waals surface area (Å²) in [7, 11) is 0. The molecule has 3 aromatic rings. The molecule has 2 aromatic carbocycles. The van der Waals surface area contributed by atoms with E-state index in [-0.39, 0.29) is 17.2 Å². The van der Waals surface area contributed by atoms with Crippen LogP contribution in [0.2, 0.25) is 0 Å². The lowest BCUT2D eigenvalue weighted by molar-refractivity contribution is 0.0954. The summed E-state index contributed by atoms with van der Waals surface area (Å²) < 4.78 is 1.54. The lowest BCUT2D eigenvalue weighted by Gasteiger charge is -2.14. The van der Waals surface area contributed by atoms with Gasteiger partial charge in [-0.05, 0) is 61.7 Å². The number of fused-ring (bicyclic) bond motifs is 1. The van der Waals surface area contributed by atoms with Gasteiger partial charge in [0.15, 0.2) is 5.16 Å². The third-order valence-corrected chi connectivity index (χ3v) is 5.17. The highest BCUT2D eigenvalue weighted by Crippen LogP contribution is 2.23. The summed E-state index contributed by atoms with van der Waals surface area (Å²) in [5, 5.41) is 12.7. The fourth-order valence-electron chi connectivity index (χ4n) is 3.15. The lowest BCUT2D eigenvalue weighted by atomic mass is 10.1. The van der Waals surface area contributed by atoms with Gasteiger partial charge in [-0.2, -0.15) is 5.26 Å². The molecule has 1 heterocycles. The topological polar surface area (TPSA) is 87.8 Å². The van der Waals surface area contributed by atoms with Gasteiger partial charge in [0.05, 0.1) is 28.4 Å². The largest absolute Gasteiger partial charge is 0.352 e.